The molecule has 6 nitrogen and oxygen atoms in total. The summed E-state index contributed by atoms with van der Waals surface area (Å²) in [5.41, 5.74) is 0.964. The molecule has 1 aliphatic rings. The Kier molecular flexibility index (Phi) is 3.59. The predicted molar refractivity (Wildman–Crippen MR) is 78.0 cm³/mol. The van der Waals surface area contributed by atoms with Gasteiger partial charge in [0.25, 0.3) is 11.7 Å². The van der Waals surface area contributed by atoms with E-state index in [1.54, 1.807) is 18.2 Å². The second-order valence-electron chi connectivity index (χ2n) is 4.74. The van der Waals surface area contributed by atoms with Crippen LogP contribution < -0.4 is 4.90 Å². The Balaban J connectivity index is 1.90. The predicted octanol–water partition coefficient (Wildman–Crippen LogP) is 2.51. The lowest BCUT2D eigenvalue weighted by Gasteiger charge is -2.13. The largest absolute Gasteiger partial charge is 0.337 e. The molecule has 1 amide bonds. The van der Waals surface area contributed by atoms with Crippen LogP contribution in [0.15, 0.2) is 27.2 Å². The number of fused-ring (bicyclic) bond motifs is 1. The van der Waals surface area contributed by atoms with E-state index in [1.807, 2.05) is 6.92 Å². The van der Waals surface area contributed by atoms with Crippen molar-refractivity contribution in [1.29, 1.82) is 0 Å². The maximum absolute atomic E-state index is 12.1. The van der Waals surface area contributed by atoms with Crippen LogP contribution in [-0.2, 0) is 17.8 Å². The average molecular weight is 350 g/mol. The van der Waals surface area contributed by atoms with Gasteiger partial charge in [-0.1, -0.05) is 28.0 Å². The van der Waals surface area contributed by atoms with Crippen LogP contribution in [0.25, 0.3) is 0 Å². The summed E-state index contributed by atoms with van der Waals surface area (Å²) in [6.45, 7) is 2.12. The number of ketones is 1. The van der Waals surface area contributed by atoms with Crippen LogP contribution >= 0.6 is 15.9 Å². The van der Waals surface area contributed by atoms with Crippen molar-refractivity contribution in [1.82, 2.24) is 10.1 Å². The fraction of sp³-hybridized carbons (Fsp3) is 0.286. The highest BCUT2D eigenvalue weighted by Gasteiger charge is 2.36. The number of aryl methyl sites for hydroxylation is 1. The number of anilines is 1. The number of aromatic nitrogens is 2. The lowest BCUT2D eigenvalue weighted by atomic mass is 10.1. The summed E-state index contributed by atoms with van der Waals surface area (Å²) in [4.78, 5) is 29.6. The van der Waals surface area contributed by atoms with Gasteiger partial charge >= 0.3 is 0 Å². The number of carbonyl (C=O) groups excluding carboxylic acids is 2. The summed E-state index contributed by atoms with van der Waals surface area (Å²) < 4.78 is 5.93. The normalized spacial score (nSPS) is 13.9. The standard InChI is InChI=1S/C14H12BrN3O3/c1-2-3-11-16-12(21-17-11)7-18-10-6-8(15)4-5-9(10)13(19)14(18)20/h4-6H,2-3,7H2,1H3. The molecule has 0 aliphatic carbocycles. The van der Waals surface area contributed by atoms with E-state index >= 15 is 0 Å². The van der Waals surface area contributed by atoms with E-state index in [1.165, 1.54) is 4.90 Å². The van der Waals surface area contributed by atoms with E-state index in [9.17, 15) is 9.59 Å². The number of amides is 1. The van der Waals surface area contributed by atoms with Crippen LogP contribution in [0.1, 0.15) is 35.4 Å². The maximum atomic E-state index is 12.1. The molecular weight excluding hydrogens is 338 g/mol. The van der Waals surface area contributed by atoms with Crippen LogP contribution in [0.3, 0.4) is 0 Å². The zero-order valence-corrected chi connectivity index (χ0v) is 12.9. The van der Waals surface area contributed by atoms with Gasteiger partial charge in [-0.15, -0.1) is 0 Å². The zero-order valence-electron chi connectivity index (χ0n) is 11.3. The van der Waals surface area contributed by atoms with Crippen molar-refractivity contribution in [2.45, 2.75) is 26.3 Å². The second kappa shape index (κ2) is 5.40. The molecule has 1 aromatic heterocycles. The highest BCUT2D eigenvalue weighted by Crippen LogP contribution is 2.32. The monoisotopic (exact) mass is 349 g/mol. The molecule has 108 valence electrons. The van der Waals surface area contributed by atoms with E-state index in [-0.39, 0.29) is 6.54 Å². The molecule has 1 aliphatic heterocycles. The first-order valence-corrected chi connectivity index (χ1v) is 7.36. The minimum Gasteiger partial charge on any atom is -0.337 e. The Hall–Kier alpha value is -2.02. The van der Waals surface area contributed by atoms with Gasteiger partial charge in [-0.2, -0.15) is 4.98 Å². The van der Waals surface area contributed by atoms with Gasteiger partial charge in [-0.05, 0) is 24.6 Å². The molecular formula is C14H12BrN3O3. The van der Waals surface area contributed by atoms with Gasteiger partial charge in [0.05, 0.1) is 11.3 Å². The molecule has 0 saturated heterocycles. The van der Waals surface area contributed by atoms with E-state index in [0.29, 0.717) is 23.0 Å². The van der Waals surface area contributed by atoms with Crippen molar-refractivity contribution >= 4 is 33.3 Å². The average Bonchev–Trinajstić information content (AvgIpc) is 2.99. The summed E-state index contributed by atoms with van der Waals surface area (Å²) in [5, 5.41) is 3.85. The van der Waals surface area contributed by atoms with E-state index in [4.69, 9.17) is 4.52 Å². The van der Waals surface area contributed by atoms with Crippen molar-refractivity contribution < 1.29 is 14.1 Å². The van der Waals surface area contributed by atoms with Crippen LogP contribution in [0, 0.1) is 0 Å². The fourth-order valence-corrected chi connectivity index (χ4v) is 2.59. The van der Waals surface area contributed by atoms with Crippen LogP contribution in [0.5, 0.6) is 0 Å². The number of halogens is 1. The highest BCUT2D eigenvalue weighted by atomic mass is 79.9. The summed E-state index contributed by atoms with van der Waals surface area (Å²) in [7, 11) is 0. The molecule has 0 atom stereocenters. The molecule has 2 aromatic rings. The Bertz CT molecular complexity index is 726. The molecule has 21 heavy (non-hydrogen) atoms. The Morgan fingerprint density at radius 1 is 1.33 bits per heavy atom. The quantitative estimate of drug-likeness (QED) is 0.792. The van der Waals surface area contributed by atoms with Crippen molar-refractivity contribution in [2.24, 2.45) is 0 Å². The number of hydrogen-bond acceptors (Lipinski definition) is 5. The third kappa shape index (κ3) is 2.49. The van der Waals surface area contributed by atoms with Gasteiger partial charge in [-0.3, -0.25) is 14.5 Å². The van der Waals surface area contributed by atoms with Crippen LogP contribution in [0.2, 0.25) is 0 Å². The molecule has 3 rings (SSSR count). The van der Waals surface area contributed by atoms with Gasteiger partial charge < -0.3 is 4.52 Å². The van der Waals surface area contributed by atoms with E-state index in [0.717, 1.165) is 17.3 Å². The third-order valence-corrected chi connectivity index (χ3v) is 3.70. The van der Waals surface area contributed by atoms with E-state index in [2.05, 4.69) is 26.1 Å². The number of rotatable bonds is 4. The van der Waals surface area contributed by atoms with Crippen molar-refractivity contribution in [2.75, 3.05) is 4.90 Å². The molecule has 0 spiro atoms. The first kappa shape index (κ1) is 13.9. The summed E-state index contributed by atoms with van der Waals surface area (Å²) in [6, 6.07) is 5.11. The number of carbonyl (C=O) groups is 2. The topological polar surface area (TPSA) is 76.3 Å². The highest BCUT2D eigenvalue weighted by molar-refractivity contribution is 9.10. The molecule has 0 bridgehead atoms. The lowest BCUT2D eigenvalue weighted by Crippen LogP contribution is -2.29. The van der Waals surface area contributed by atoms with Crippen LogP contribution in [0.4, 0.5) is 5.69 Å². The minimum atomic E-state index is -0.571. The Morgan fingerprint density at radius 3 is 2.90 bits per heavy atom. The van der Waals surface area contributed by atoms with Gasteiger partial charge in [0.2, 0.25) is 5.89 Å². The number of nitrogens with zero attached hydrogens (tertiary/aromatic N) is 3. The molecule has 1 aromatic carbocycles. The number of hydrogen-bond donors (Lipinski definition) is 0. The summed E-state index contributed by atoms with van der Waals surface area (Å²) in [6.07, 6.45) is 1.63. The fourth-order valence-electron chi connectivity index (χ4n) is 2.24. The Labute approximate surface area is 129 Å². The molecule has 7 heteroatoms. The molecule has 0 saturated carbocycles. The van der Waals surface area contributed by atoms with Gasteiger partial charge in [-0.25, -0.2) is 0 Å². The molecule has 0 N–H and O–H groups in total. The number of Topliss-reactive ketones (excluding diaryl/α,β-unsaturated/α-hetero) is 1. The molecule has 0 fully saturated rings. The third-order valence-electron chi connectivity index (χ3n) is 3.21. The van der Waals surface area contributed by atoms with Gasteiger partial charge in [0.15, 0.2) is 5.82 Å². The van der Waals surface area contributed by atoms with E-state index < -0.39 is 11.7 Å². The maximum Gasteiger partial charge on any atom is 0.299 e. The first-order chi connectivity index (χ1) is 10.1. The Morgan fingerprint density at radius 2 is 2.14 bits per heavy atom. The van der Waals surface area contributed by atoms with Gasteiger partial charge in [0, 0.05) is 10.9 Å². The lowest BCUT2D eigenvalue weighted by molar-refractivity contribution is -0.114. The molecule has 2 heterocycles. The SMILES string of the molecule is CCCc1noc(CN2C(=O)C(=O)c3ccc(Br)cc32)n1. The van der Waals surface area contributed by atoms with Crippen molar-refractivity contribution in [3.05, 3.63) is 40.0 Å². The van der Waals surface area contributed by atoms with Crippen molar-refractivity contribution in [3.8, 4) is 0 Å². The van der Waals surface area contributed by atoms with Crippen molar-refractivity contribution in [3.63, 3.8) is 0 Å². The smallest absolute Gasteiger partial charge is 0.299 e. The minimum absolute atomic E-state index is 0.102. The van der Waals surface area contributed by atoms with Gasteiger partial charge in [0.1, 0.15) is 6.54 Å². The first-order valence-electron chi connectivity index (χ1n) is 6.57. The summed E-state index contributed by atoms with van der Waals surface area (Å²) in [5.74, 6) is -0.142. The molecule has 0 radical (unpaired) electrons. The van der Waals surface area contributed by atoms with Crippen LogP contribution in [-0.4, -0.2) is 21.8 Å². The molecule has 0 unspecified atom stereocenters. The zero-order chi connectivity index (χ0) is 15.0. The number of benzene rings is 1. The summed E-state index contributed by atoms with van der Waals surface area (Å²) >= 11 is 3.34. The second-order valence-corrected chi connectivity index (χ2v) is 5.65.